The average molecular weight is 247 g/mol. The van der Waals surface area contributed by atoms with E-state index < -0.39 is 11.6 Å². The maximum atomic E-state index is 12.5. The van der Waals surface area contributed by atoms with Gasteiger partial charge in [0.1, 0.15) is 0 Å². The van der Waals surface area contributed by atoms with Gasteiger partial charge in [0, 0.05) is 12.1 Å². The standard InChI is InChI=1S/C15H21NO2/c1-11-6-8-12(9-7-11)14(18)16-10-4-5-13(17)15(16,2)3/h6-9,13,17H,4-5,10H2,1-3H3. The van der Waals surface area contributed by atoms with Crippen LogP contribution in [0.2, 0.25) is 0 Å². The van der Waals surface area contributed by atoms with Crippen LogP contribution < -0.4 is 0 Å². The first-order valence-electron chi connectivity index (χ1n) is 6.49. The third-order valence-corrected chi connectivity index (χ3v) is 3.91. The number of hydrogen-bond donors (Lipinski definition) is 1. The van der Waals surface area contributed by atoms with E-state index in [1.54, 1.807) is 4.90 Å². The minimum atomic E-state index is -0.486. The number of benzene rings is 1. The van der Waals surface area contributed by atoms with E-state index in [2.05, 4.69) is 0 Å². The first kappa shape index (κ1) is 13.1. The van der Waals surface area contributed by atoms with Gasteiger partial charge >= 0.3 is 0 Å². The van der Waals surface area contributed by atoms with Crippen molar-refractivity contribution < 1.29 is 9.90 Å². The largest absolute Gasteiger partial charge is 0.391 e. The summed E-state index contributed by atoms with van der Waals surface area (Å²) >= 11 is 0. The van der Waals surface area contributed by atoms with E-state index >= 15 is 0 Å². The van der Waals surface area contributed by atoms with Crippen molar-refractivity contribution in [2.45, 2.75) is 45.3 Å². The maximum absolute atomic E-state index is 12.5. The Morgan fingerprint density at radius 2 is 1.94 bits per heavy atom. The summed E-state index contributed by atoms with van der Waals surface area (Å²) in [5, 5.41) is 10.1. The second kappa shape index (κ2) is 4.73. The predicted octanol–water partition coefficient (Wildman–Crippen LogP) is 2.37. The molecule has 1 N–H and O–H groups in total. The monoisotopic (exact) mass is 247 g/mol. The van der Waals surface area contributed by atoms with Crippen LogP contribution in [0.3, 0.4) is 0 Å². The second-order valence-electron chi connectivity index (χ2n) is 5.63. The van der Waals surface area contributed by atoms with Crippen LogP contribution in [0, 0.1) is 6.92 Å². The van der Waals surface area contributed by atoms with Gasteiger partial charge in [-0.05, 0) is 45.7 Å². The molecular formula is C15H21NO2. The van der Waals surface area contributed by atoms with Gasteiger partial charge in [0.05, 0.1) is 11.6 Å². The highest BCUT2D eigenvalue weighted by Crippen LogP contribution is 2.29. The molecule has 98 valence electrons. The van der Waals surface area contributed by atoms with Crippen molar-refractivity contribution in [2.24, 2.45) is 0 Å². The molecular weight excluding hydrogens is 226 g/mol. The van der Waals surface area contributed by atoms with Gasteiger partial charge in [0.15, 0.2) is 0 Å². The topological polar surface area (TPSA) is 40.5 Å². The summed E-state index contributed by atoms with van der Waals surface area (Å²) in [7, 11) is 0. The molecule has 2 rings (SSSR count). The Labute approximate surface area is 108 Å². The number of hydrogen-bond acceptors (Lipinski definition) is 2. The van der Waals surface area contributed by atoms with E-state index in [0.717, 1.165) is 24.9 Å². The molecule has 0 bridgehead atoms. The SMILES string of the molecule is Cc1ccc(C(=O)N2CCCC(O)C2(C)C)cc1. The molecule has 1 amide bonds. The zero-order chi connectivity index (χ0) is 13.3. The number of carbonyl (C=O) groups is 1. The summed E-state index contributed by atoms with van der Waals surface area (Å²) in [5.74, 6) is 0.0127. The lowest BCUT2D eigenvalue weighted by atomic mass is 9.86. The van der Waals surface area contributed by atoms with Crippen LogP contribution >= 0.6 is 0 Å². The molecule has 1 unspecified atom stereocenters. The van der Waals surface area contributed by atoms with E-state index in [0.29, 0.717) is 5.56 Å². The zero-order valence-corrected chi connectivity index (χ0v) is 11.3. The molecule has 0 aromatic heterocycles. The van der Waals surface area contributed by atoms with Gasteiger partial charge in [0.25, 0.3) is 5.91 Å². The van der Waals surface area contributed by atoms with Crippen LogP contribution in [-0.4, -0.2) is 34.1 Å². The Hall–Kier alpha value is -1.35. The Morgan fingerprint density at radius 1 is 1.33 bits per heavy atom. The first-order chi connectivity index (χ1) is 8.43. The molecule has 1 heterocycles. The van der Waals surface area contributed by atoms with Gasteiger partial charge in [0.2, 0.25) is 0 Å². The predicted molar refractivity (Wildman–Crippen MR) is 71.5 cm³/mol. The number of aliphatic hydroxyl groups excluding tert-OH is 1. The van der Waals surface area contributed by atoms with Crippen LogP contribution in [-0.2, 0) is 0 Å². The lowest BCUT2D eigenvalue weighted by Crippen LogP contribution is -2.58. The van der Waals surface area contributed by atoms with E-state index in [-0.39, 0.29) is 5.91 Å². The summed E-state index contributed by atoms with van der Waals surface area (Å²) in [5.41, 5.74) is 1.35. The van der Waals surface area contributed by atoms with Crippen molar-refractivity contribution in [1.29, 1.82) is 0 Å². The van der Waals surface area contributed by atoms with E-state index in [9.17, 15) is 9.90 Å². The van der Waals surface area contributed by atoms with Crippen LogP contribution in [0.4, 0.5) is 0 Å². The molecule has 1 aliphatic heterocycles. The highest BCUT2D eigenvalue weighted by Gasteiger charge is 2.40. The van der Waals surface area contributed by atoms with Gasteiger partial charge in [-0.2, -0.15) is 0 Å². The molecule has 1 atom stereocenters. The summed E-state index contributed by atoms with van der Waals surface area (Å²) < 4.78 is 0. The Bertz CT molecular complexity index is 436. The number of amides is 1. The number of piperidine rings is 1. The molecule has 0 saturated carbocycles. The van der Waals surface area contributed by atoms with Gasteiger partial charge in [-0.1, -0.05) is 17.7 Å². The lowest BCUT2D eigenvalue weighted by Gasteiger charge is -2.45. The number of aryl methyl sites for hydroxylation is 1. The Balaban J connectivity index is 2.25. The summed E-state index contributed by atoms with van der Waals surface area (Å²) in [6.07, 6.45) is 1.19. The fraction of sp³-hybridized carbons (Fsp3) is 0.533. The van der Waals surface area contributed by atoms with Crippen molar-refractivity contribution in [3.05, 3.63) is 35.4 Å². The quantitative estimate of drug-likeness (QED) is 0.827. The maximum Gasteiger partial charge on any atom is 0.254 e. The fourth-order valence-electron chi connectivity index (χ4n) is 2.48. The zero-order valence-electron chi connectivity index (χ0n) is 11.3. The molecule has 1 aromatic carbocycles. The van der Waals surface area contributed by atoms with E-state index in [1.807, 2.05) is 45.0 Å². The third-order valence-electron chi connectivity index (χ3n) is 3.91. The third kappa shape index (κ3) is 2.27. The highest BCUT2D eigenvalue weighted by atomic mass is 16.3. The molecule has 1 saturated heterocycles. The lowest BCUT2D eigenvalue weighted by molar-refractivity contribution is -0.0307. The second-order valence-corrected chi connectivity index (χ2v) is 5.63. The average Bonchev–Trinajstić information content (AvgIpc) is 2.33. The van der Waals surface area contributed by atoms with Crippen molar-refractivity contribution in [3.8, 4) is 0 Å². The van der Waals surface area contributed by atoms with Crippen molar-refractivity contribution in [2.75, 3.05) is 6.54 Å². The molecule has 0 spiro atoms. The fourth-order valence-corrected chi connectivity index (χ4v) is 2.48. The number of nitrogens with zero attached hydrogens (tertiary/aromatic N) is 1. The molecule has 1 aromatic rings. The molecule has 1 aliphatic rings. The normalized spacial score (nSPS) is 22.9. The van der Waals surface area contributed by atoms with E-state index in [4.69, 9.17) is 0 Å². The van der Waals surface area contributed by atoms with E-state index in [1.165, 1.54) is 0 Å². The van der Waals surface area contributed by atoms with Gasteiger partial charge in [-0.25, -0.2) is 0 Å². The molecule has 3 heteroatoms. The number of aliphatic hydroxyl groups is 1. The molecule has 1 fully saturated rings. The van der Waals surface area contributed by atoms with Crippen molar-refractivity contribution in [1.82, 2.24) is 4.90 Å². The summed E-state index contributed by atoms with van der Waals surface area (Å²) in [6.45, 7) is 6.59. The van der Waals surface area contributed by atoms with Crippen LogP contribution in [0.5, 0.6) is 0 Å². The van der Waals surface area contributed by atoms with Gasteiger partial charge in [-0.3, -0.25) is 4.79 Å². The van der Waals surface area contributed by atoms with Gasteiger partial charge in [-0.15, -0.1) is 0 Å². The molecule has 0 aliphatic carbocycles. The highest BCUT2D eigenvalue weighted by molar-refractivity contribution is 5.94. The molecule has 0 radical (unpaired) electrons. The Kier molecular flexibility index (Phi) is 3.44. The minimum absolute atomic E-state index is 0.0127. The number of carbonyl (C=O) groups excluding carboxylic acids is 1. The summed E-state index contributed by atoms with van der Waals surface area (Å²) in [4.78, 5) is 14.3. The smallest absolute Gasteiger partial charge is 0.254 e. The van der Waals surface area contributed by atoms with Crippen molar-refractivity contribution >= 4 is 5.91 Å². The molecule has 18 heavy (non-hydrogen) atoms. The van der Waals surface area contributed by atoms with Crippen LogP contribution in [0.25, 0.3) is 0 Å². The van der Waals surface area contributed by atoms with Gasteiger partial charge < -0.3 is 10.0 Å². The summed E-state index contributed by atoms with van der Waals surface area (Å²) in [6, 6.07) is 7.60. The Morgan fingerprint density at radius 3 is 2.56 bits per heavy atom. The molecule has 3 nitrogen and oxygen atoms in total. The van der Waals surface area contributed by atoms with Crippen LogP contribution in [0.1, 0.15) is 42.6 Å². The van der Waals surface area contributed by atoms with Crippen LogP contribution in [0.15, 0.2) is 24.3 Å². The number of rotatable bonds is 1. The minimum Gasteiger partial charge on any atom is -0.391 e. The number of likely N-dealkylation sites (tertiary alicyclic amines) is 1. The first-order valence-corrected chi connectivity index (χ1v) is 6.49. The van der Waals surface area contributed by atoms with Crippen molar-refractivity contribution in [3.63, 3.8) is 0 Å².